The van der Waals surface area contributed by atoms with Crippen molar-refractivity contribution in [3.05, 3.63) is 71.8 Å². The molecule has 0 aliphatic rings. The van der Waals surface area contributed by atoms with E-state index in [2.05, 4.69) is 24.0 Å². The Morgan fingerprint density at radius 2 is 1.53 bits per heavy atom. The minimum absolute atomic E-state index is 0.636. The molecule has 0 saturated carbocycles. The molecule has 1 atom stereocenters. The fraction of sp³-hybridized carbons (Fsp3) is 0.222. The molecule has 0 radical (unpaired) electrons. The van der Waals surface area contributed by atoms with E-state index in [0.717, 1.165) is 12.0 Å². The van der Waals surface area contributed by atoms with E-state index in [1.54, 1.807) is 6.92 Å². The van der Waals surface area contributed by atoms with Gasteiger partial charge in [-0.25, -0.2) is 0 Å². The first kappa shape index (κ1) is 13.4. The Bertz CT molecular complexity index is 559. The van der Waals surface area contributed by atoms with Gasteiger partial charge in [0.1, 0.15) is 5.60 Å². The highest BCUT2D eigenvalue weighted by Crippen LogP contribution is 2.13. The third-order valence-corrected chi connectivity index (χ3v) is 2.99. The average molecular weight is 250 g/mol. The molecule has 0 aromatic heterocycles. The lowest BCUT2D eigenvalue weighted by Crippen LogP contribution is -2.22. The first-order valence-electron chi connectivity index (χ1n) is 6.50. The van der Waals surface area contributed by atoms with Crippen LogP contribution in [0.25, 0.3) is 0 Å². The standard InChI is InChI=1S/C18H18O/c1-18(19,14-12-16-8-4-2-5-9-16)15-13-17-10-6-3-7-11-17/h2-11,19H,12,14H2,1H3/t18-/m0/s1. The van der Waals surface area contributed by atoms with Gasteiger partial charge in [0.2, 0.25) is 0 Å². The van der Waals surface area contributed by atoms with E-state index in [-0.39, 0.29) is 0 Å². The lowest BCUT2D eigenvalue weighted by Gasteiger charge is -2.16. The summed E-state index contributed by atoms with van der Waals surface area (Å²) in [7, 11) is 0. The smallest absolute Gasteiger partial charge is 0.123 e. The molecule has 19 heavy (non-hydrogen) atoms. The van der Waals surface area contributed by atoms with Crippen molar-refractivity contribution in [2.75, 3.05) is 0 Å². The normalized spacial score (nSPS) is 13.2. The van der Waals surface area contributed by atoms with E-state index in [0.29, 0.717) is 6.42 Å². The van der Waals surface area contributed by atoms with Crippen LogP contribution in [-0.4, -0.2) is 10.7 Å². The number of aryl methyl sites for hydroxylation is 1. The Morgan fingerprint density at radius 3 is 2.16 bits per heavy atom. The molecule has 0 amide bonds. The predicted molar refractivity (Wildman–Crippen MR) is 78.7 cm³/mol. The third kappa shape index (κ3) is 4.62. The van der Waals surface area contributed by atoms with E-state index < -0.39 is 5.60 Å². The Labute approximate surface area is 114 Å². The summed E-state index contributed by atoms with van der Waals surface area (Å²) < 4.78 is 0. The molecular formula is C18H18O. The first-order valence-corrected chi connectivity index (χ1v) is 6.50. The highest BCUT2D eigenvalue weighted by molar-refractivity contribution is 5.35. The van der Waals surface area contributed by atoms with Crippen LogP contribution >= 0.6 is 0 Å². The fourth-order valence-electron chi connectivity index (χ4n) is 1.82. The van der Waals surface area contributed by atoms with Crippen LogP contribution in [0.1, 0.15) is 24.5 Å². The van der Waals surface area contributed by atoms with Crippen LogP contribution in [0.2, 0.25) is 0 Å². The summed E-state index contributed by atoms with van der Waals surface area (Å²) in [5, 5.41) is 10.3. The Kier molecular flexibility index (Phi) is 4.39. The maximum atomic E-state index is 10.3. The van der Waals surface area contributed by atoms with E-state index >= 15 is 0 Å². The summed E-state index contributed by atoms with van der Waals surface area (Å²) in [6.45, 7) is 1.77. The Balaban J connectivity index is 1.98. The van der Waals surface area contributed by atoms with Crippen molar-refractivity contribution < 1.29 is 5.11 Å². The van der Waals surface area contributed by atoms with Gasteiger partial charge in [-0.05, 0) is 37.5 Å². The summed E-state index contributed by atoms with van der Waals surface area (Å²) in [5.74, 6) is 5.97. The minimum Gasteiger partial charge on any atom is -0.378 e. The van der Waals surface area contributed by atoms with Gasteiger partial charge in [0.15, 0.2) is 0 Å². The summed E-state index contributed by atoms with van der Waals surface area (Å²) in [6, 6.07) is 19.9. The average Bonchev–Trinajstić information content (AvgIpc) is 2.46. The molecule has 0 heterocycles. The van der Waals surface area contributed by atoms with Crippen molar-refractivity contribution in [2.45, 2.75) is 25.4 Å². The van der Waals surface area contributed by atoms with Gasteiger partial charge < -0.3 is 5.11 Å². The van der Waals surface area contributed by atoms with E-state index in [4.69, 9.17) is 0 Å². The third-order valence-electron chi connectivity index (χ3n) is 2.99. The Hall–Kier alpha value is -2.04. The van der Waals surface area contributed by atoms with Crippen LogP contribution in [0.5, 0.6) is 0 Å². The molecule has 1 nitrogen and oxygen atoms in total. The van der Waals surface area contributed by atoms with Gasteiger partial charge in [-0.3, -0.25) is 0 Å². The molecule has 1 N–H and O–H groups in total. The summed E-state index contributed by atoms with van der Waals surface area (Å²) in [4.78, 5) is 0. The van der Waals surface area contributed by atoms with Gasteiger partial charge in [0.25, 0.3) is 0 Å². The molecule has 2 rings (SSSR count). The number of aliphatic hydroxyl groups is 1. The molecule has 1 heteroatoms. The van der Waals surface area contributed by atoms with Crippen LogP contribution in [-0.2, 0) is 6.42 Å². The van der Waals surface area contributed by atoms with Crippen molar-refractivity contribution in [3.8, 4) is 11.8 Å². The molecule has 2 aromatic carbocycles. The molecule has 0 saturated heterocycles. The van der Waals surface area contributed by atoms with Gasteiger partial charge in [0.05, 0.1) is 0 Å². The quantitative estimate of drug-likeness (QED) is 0.828. The first-order chi connectivity index (χ1) is 9.16. The largest absolute Gasteiger partial charge is 0.378 e. The summed E-state index contributed by atoms with van der Waals surface area (Å²) in [5.41, 5.74) is 1.21. The van der Waals surface area contributed by atoms with E-state index in [1.165, 1.54) is 5.56 Å². The second-order valence-electron chi connectivity index (χ2n) is 4.88. The van der Waals surface area contributed by atoms with Crippen molar-refractivity contribution >= 4 is 0 Å². The number of hydrogen-bond acceptors (Lipinski definition) is 1. The Morgan fingerprint density at radius 1 is 0.947 bits per heavy atom. The maximum Gasteiger partial charge on any atom is 0.123 e. The monoisotopic (exact) mass is 250 g/mol. The van der Waals surface area contributed by atoms with Crippen molar-refractivity contribution in [1.29, 1.82) is 0 Å². The maximum absolute atomic E-state index is 10.3. The molecule has 0 aliphatic carbocycles. The molecular weight excluding hydrogens is 232 g/mol. The zero-order chi connectivity index (χ0) is 13.6. The SMILES string of the molecule is C[C@@](O)(C#Cc1ccccc1)CCc1ccccc1. The number of rotatable bonds is 3. The molecule has 0 unspecified atom stereocenters. The molecule has 96 valence electrons. The predicted octanol–water partition coefficient (Wildman–Crippen LogP) is 3.42. The fourth-order valence-corrected chi connectivity index (χ4v) is 1.82. The van der Waals surface area contributed by atoms with Crippen LogP contribution in [0.4, 0.5) is 0 Å². The zero-order valence-electron chi connectivity index (χ0n) is 11.1. The van der Waals surface area contributed by atoms with Crippen molar-refractivity contribution in [2.24, 2.45) is 0 Å². The molecule has 0 bridgehead atoms. The minimum atomic E-state index is -0.953. The van der Waals surface area contributed by atoms with E-state index in [9.17, 15) is 5.11 Å². The van der Waals surface area contributed by atoms with Crippen LogP contribution in [0.3, 0.4) is 0 Å². The zero-order valence-corrected chi connectivity index (χ0v) is 11.1. The second-order valence-corrected chi connectivity index (χ2v) is 4.88. The molecule has 0 aliphatic heterocycles. The van der Waals surface area contributed by atoms with E-state index in [1.807, 2.05) is 48.5 Å². The summed E-state index contributed by atoms with van der Waals surface area (Å²) in [6.07, 6.45) is 1.47. The lowest BCUT2D eigenvalue weighted by molar-refractivity contribution is 0.112. The highest BCUT2D eigenvalue weighted by Gasteiger charge is 2.16. The van der Waals surface area contributed by atoms with Gasteiger partial charge in [-0.15, -0.1) is 0 Å². The number of benzene rings is 2. The molecule has 2 aromatic rings. The van der Waals surface area contributed by atoms with Crippen molar-refractivity contribution in [3.63, 3.8) is 0 Å². The molecule has 0 fully saturated rings. The van der Waals surface area contributed by atoms with Crippen LogP contribution in [0.15, 0.2) is 60.7 Å². The van der Waals surface area contributed by atoms with Crippen molar-refractivity contribution in [1.82, 2.24) is 0 Å². The molecule has 0 spiro atoms. The van der Waals surface area contributed by atoms with Gasteiger partial charge in [0, 0.05) is 5.56 Å². The second kappa shape index (κ2) is 6.22. The highest BCUT2D eigenvalue weighted by atomic mass is 16.3. The topological polar surface area (TPSA) is 20.2 Å². The summed E-state index contributed by atoms with van der Waals surface area (Å²) >= 11 is 0. The van der Waals surface area contributed by atoms with Crippen LogP contribution < -0.4 is 0 Å². The van der Waals surface area contributed by atoms with Gasteiger partial charge in [-0.2, -0.15) is 0 Å². The lowest BCUT2D eigenvalue weighted by atomic mass is 9.97. The van der Waals surface area contributed by atoms with Gasteiger partial charge >= 0.3 is 0 Å². The van der Waals surface area contributed by atoms with Gasteiger partial charge in [-0.1, -0.05) is 60.4 Å². The van der Waals surface area contributed by atoms with Crippen LogP contribution in [0, 0.1) is 11.8 Å². The number of hydrogen-bond donors (Lipinski definition) is 1.